The summed E-state index contributed by atoms with van der Waals surface area (Å²) in [5.41, 5.74) is 1.09. The summed E-state index contributed by atoms with van der Waals surface area (Å²) in [6.45, 7) is 1.74. The highest BCUT2D eigenvalue weighted by atomic mass is 32.1. The summed E-state index contributed by atoms with van der Waals surface area (Å²) in [7, 11) is 2.10. The molecule has 1 aliphatic heterocycles. The van der Waals surface area contributed by atoms with E-state index >= 15 is 0 Å². The predicted octanol–water partition coefficient (Wildman–Crippen LogP) is 0.201. The number of carbonyl (C=O) groups is 2. The lowest BCUT2D eigenvalue weighted by Crippen LogP contribution is -3.08. The van der Waals surface area contributed by atoms with Gasteiger partial charge in [0.15, 0.2) is 0 Å². The van der Waals surface area contributed by atoms with E-state index in [0.717, 1.165) is 55.6 Å². The van der Waals surface area contributed by atoms with Crippen LogP contribution < -0.4 is 15.3 Å². The molecule has 1 fully saturated rings. The molecule has 1 saturated carbocycles. The standard InChI is InChI=1S/C16H22N2O3S/c1-18-8-7-11-12(9-18)22-15(13(11)16(20)21)17-14(19)10-5-3-2-4-6-10/h10H,2-9H2,1H3,(H,17,19)(H,20,21). The normalized spacial score (nSPS) is 22.1. The number of fused-ring (bicyclic) bond motifs is 1. The minimum Gasteiger partial charge on any atom is -0.545 e. The fourth-order valence-electron chi connectivity index (χ4n) is 3.50. The van der Waals surface area contributed by atoms with Crippen LogP contribution in [0.15, 0.2) is 0 Å². The number of rotatable bonds is 3. The molecule has 1 aliphatic carbocycles. The SMILES string of the molecule is C[NH+]1CCc2c(sc(NC(=O)C3CCCCC3)c2C(=O)[O-])C1. The Morgan fingerprint density at radius 1 is 1.27 bits per heavy atom. The minimum absolute atomic E-state index is 0.0239. The number of carboxylic acid groups (broad SMARTS) is 1. The van der Waals surface area contributed by atoms with Crippen LogP contribution in [0.1, 0.15) is 52.9 Å². The number of hydrogen-bond donors (Lipinski definition) is 2. The van der Waals surface area contributed by atoms with Gasteiger partial charge >= 0.3 is 0 Å². The highest BCUT2D eigenvalue weighted by molar-refractivity contribution is 7.16. The van der Waals surface area contributed by atoms with E-state index in [2.05, 4.69) is 12.4 Å². The second-order valence-corrected chi connectivity index (χ2v) is 7.56. The van der Waals surface area contributed by atoms with Crippen LogP contribution in [0.25, 0.3) is 0 Å². The van der Waals surface area contributed by atoms with E-state index in [0.29, 0.717) is 5.00 Å². The van der Waals surface area contributed by atoms with Crippen LogP contribution in [-0.2, 0) is 17.8 Å². The van der Waals surface area contributed by atoms with Gasteiger partial charge in [-0.2, -0.15) is 0 Å². The molecule has 1 aromatic heterocycles. The Bertz CT molecular complexity index is 590. The van der Waals surface area contributed by atoms with Crippen LogP contribution in [0.3, 0.4) is 0 Å². The van der Waals surface area contributed by atoms with Gasteiger partial charge in [0, 0.05) is 17.9 Å². The van der Waals surface area contributed by atoms with Gasteiger partial charge < -0.3 is 20.1 Å². The Morgan fingerprint density at radius 3 is 2.68 bits per heavy atom. The van der Waals surface area contributed by atoms with E-state index < -0.39 is 5.97 Å². The lowest BCUT2D eigenvalue weighted by Gasteiger charge is -2.21. The number of anilines is 1. The molecule has 2 heterocycles. The van der Waals surface area contributed by atoms with Gasteiger partial charge in [-0.1, -0.05) is 19.3 Å². The van der Waals surface area contributed by atoms with Crippen molar-refractivity contribution in [2.75, 3.05) is 18.9 Å². The van der Waals surface area contributed by atoms with Gasteiger partial charge in [-0.25, -0.2) is 0 Å². The van der Waals surface area contributed by atoms with Crippen molar-refractivity contribution in [2.45, 2.75) is 45.1 Å². The van der Waals surface area contributed by atoms with Crippen LogP contribution in [-0.4, -0.2) is 25.5 Å². The molecule has 1 unspecified atom stereocenters. The van der Waals surface area contributed by atoms with Crippen molar-refractivity contribution in [1.29, 1.82) is 0 Å². The average Bonchev–Trinajstić information content (AvgIpc) is 2.85. The van der Waals surface area contributed by atoms with Crippen molar-refractivity contribution in [3.63, 3.8) is 0 Å². The van der Waals surface area contributed by atoms with Crippen molar-refractivity contribution in [3.05, 3.63) is 16.0 Å². The Balaban J connectivity index is 1.83. The first-order valence-corrected chi connectivity index (χ1v) is 8.86. The molecule has 6 heteroatoms. The van der Waals surface area contributed by atoms with Gasteiger partial charge in [-0.05, 0) is 18.4 Å². The third-order valence-corrected chi connectivity index (χ3v) is 5.92. The second-order valence-electron chi connectivity index (χ2n) is 6.45. The van der Waals surface area contributed by atoms with E-state index in [4.69, 9.17) is 0 Å². The van der Waals surface area contributed by atoms with Crippen LogP contribution in [0.4, 0.5) is 5.00 Å². The Morgan fingerprint density at radius 2 is 2.00 bits per heavy atom. The third-order valence-electron chi connectivity index (χ3n) is 4.77. The number of hydrogen-bond acceptors (Lipinski definition) is 4. The fourth-order valence-corrected chi connectivity index (χ4v) is 4.86. The molecule has 1 amide bonds. The molecule has 0 bridgehead atoms. The van der Waals surface area contributed by atoms with Gasteiger partial charge in [0.05, 0.1) is 24.4 Å². The maximum absolute atomic E-state index is 12.4. The minimum atomic E-state index is -1.17. The van der Waals surface area contributed by atoms with Crippen LogP contribution in [0, 0.1) is 5.92 Å². The molecular weight excluding hydrogens is 300 g/mol. The maximum Gasteiger partial charge on any atom is 0.228 e. The first-order valence-electron chi connectivity index (χ1n) is 8.04. The lowest BCUT2D eigenvalue weighted by molar-refractivity contribution is -0.895. The number of likely N-dealkylation sites (N-methyl/N-ethyl adjacent to an activating group) is 1. The van der Waals surface area contributed by atoms with Crippen molar-refractivity contribution >= 4 is 28.2 Å². The third kappa shape index (κ3) is 3.03. The highest BCUT2D eigenvalue weighted by Gasteiger charge is 2.28. The van der Waals surface area contributed by atoms with E-state index in [9.17, 15) is 14.7 Å². The maximum atomic E-state index is 12.4. The highest BCUT2D eigenvalue weighted by Crippen LogP contribution is 2.35. The molecule has 0 saturated heterocycles. The number of carbonyl (C=O) groups excluding carboxylic acids is 2. The van der Waals surface area contributed by atoms with Gasteiger partial charge in [0.2, 0.25) is 5.91 Å². The monoisotopic (exact) mass is 322 g/mol. The van der Waals surface area contributed by atoms with Crippen molar-refractivity contribution in [1.82, 2.24) is 0 Å². The number of aromatic carboxylic acids is 1. The van der Waals surface area contributed by atoms with Crippen LogP contribution in [0.5, 0.6) is 0 Å². The molecule has 0 radical (unpaired) electrons. The first-order chi connectivity index (χ1) is 10.6. The quantitative estimate of drug-likeness (QED) is 0.835. The summed E-state index contributed by atoms with van der Waals surface area (Å²) in [6.07, 6.45) is 5.91. The zero-order valence-electron chi connectivity index (χ0n) is 12.9. The van der Waals surface area contributed by atoms with Gasteiger partial charge in [0.1, 0.15) is 11.5 Å². The molecule has 1 aromatic rings. The summed E-state index contributed by atoms with van der Waals surface area (Å²) in [6, 6.07) is 0. The average molecular weight is 322 g/mol. The van der Waals surface area contributed by atoms with Crippen molar-refractivity contribution < 1.29 is 19.6 Å². The molecule has 2 N–H and O–H groups in total. The molecular formula is C16H22N2O3S. The van der Waals surface area contributed by atoms with E-state index in [1.807, 2.05) is 0 Å². The van der Waals surface area contributed by atoms with Crippen LogP contribution in [0.2, 0.25) is 0 Å². The van der Waals surface area contributed by atoms with Gasteiger partial charge in [-0.15, -0.1) is 11.3 Å². The van der Waals surface area contributed by atoms with Gasteiger partial charge in [0.25, 0.3) is 0 Å². The fraction of sp³-hybridized carbons (Fsp3) is 0.625. The zero-order valence-corrected chi connectivity index (χ0v) is 13.7. The molecule has 3 rings (SSSR count). The van der Waals surface area contributed by atoms with Crippen molar-refractivity contribution in [3.8, 4) is 0 Å². The number of quaternary nitrogens is 1. The van der Waals surface area contributed by atoms with E-state index in [1.54, 1.807) is 0 Å². The van der Waals surface area contributed by atoms with E-state index in [1.165, 1.54) is 22.7 Å². The largest absolute Gasteiger partial charge is 0.545 e. The molecule has 0 aromatic carbocycles. The smallest absolute Gasteiger partial charge is 0.228 e. The lowest BCUT2D eigenvalue weighted by atomic mass is 9.88. The topological polar surface area (TPSA) is 73.7 Å². The van der Waals surface area contributed by atoms with Gasteiger partial charge in [-0.3, -0.25) is 4.79 Å². The molecule has 2 aliphatic rings. The van der Waals surface area contributed by atoms with Crippen molar-refractivity contribution in [2.24, 2.45) is 5.92 Å². The molecule has 1 atom stereocenters. The predicted molar refractivity (Wildman–Crippen MR) is 83.0 cm³/mol. The Hall–Kier alpha value is -1.40. The number of nitrogens with one attached hydrogen (secondary N) is 2. The summed E-state index contributed by atoms with van der Waals surface area (Å²) >= 11 is 1.41. The zero-order chi connectivity index (χ0) is 15.7. The Kier molecular flexibility index (Phi) is 4.49. The van der Waals surface area contributed by atoms with Crippen LogP contribution >= 0.6 is 11.3 Å². The number of thiophene rings is 1. The molecule has 120 valence electrons. The summed E-state index contributed by atoms with van der Waals surface area (Å²) in [4.78, 5) is 26.4. The Labute approximate surface area is 134 Å². The molecule has 22 heavy (non-hydrogen) atoms. The molecule has 5 nitrogen and oxygen atoms in total. The van der Waals surface area contributed by atoms with E-state index in [-0.39, 0.29) is 17.4 Å². The number of amides is 1. The first kappa shape index (κ1) is 15.5. The summed E-state index contributed by atoms with van der Waals surface area (Å²) < 4.78 is 0. The second kappa shape index (κ2) is 6.38. The summed E-state index contributed by atoms with van der Waals surface area (Å²) in [5.74, 6) is -1.17. The summed E-state index contributed by atoms with van der Waals surface area (Å²) in [5, 5.41) is 14.9. The molecule has 0 spiro atoms. The number of carboxylic acids is 1.